The van der Waals surface area contributed by atoms with E-state index in [9.17, 15) is 14.3 Å². The van der Waals surface area contributed by atoms with Crippen molar-refractivity contribution in [1.82, 2.24) is 15.2 Å². The Balaban J connectivity index is 1.65. The zero-order chi connectivity index (χ0) is 19.2. The highest BCUT2D eigenvalue weighted by Gasteiger charge is 2.20. The molecule has 1 saturated heterocycles. The molecule has 0 bridgehead atoms. The van der Waals surface area contributed by atoms with Crippen molar-refractivity contribution >= 4 is 11.7 Å². The van der Waals surface area contributed by atoms with Gasteiger partial charge in [-0.1, -0.05) is 18.2 Å². The van der Waals surface area contributed by atoms with E-state index in [1.165, 1.54) is 24.3 Å². The smallest absolute Gasteiger partial charge is 0.253 e. The molecule has 1 unspecified atom stereocenters. The average molecular weight is 372 g/mol. The summed E-state index contributed by atoms with van der Waals surface area (Å²) in [5, 5.41) is 12.9. The number of amides is 1. The summed E-state index contributed by atoms with van der Waals surface area (Å²) in [4.78, 5) is 21.3. The van der Waals surface area contributed by atoms with Crippen LogP contribution in [0.1, 0.15) is 23.7 Å². The van der Waals surface area contributed by atoms with E-state index < -0.39 is 17.8 Å². The van der Waals surface area contributed by atoms with Gasteiger partial charge in [0.25, 0.3) is 5.91 Å². The fourth-order valence-corrected chi connectivity index (χ4v) is 3.19. The van der Waals surface area contributed by atoms with Gasteiger partial charge in [0, 0.05) is 37.9 Å². The van der Waals surface area contributed by atoms with Crippen LogP contribution in [0.15, 0.2) is 42.6 Å². The SMILES string of the molecule is CN1CCCN(c2ncccc2CNC(=O)C(O)c2ccc(F)cc2)CC1. The van der Waals surface area contributed by atoms with Gasteiger partial charge in [-0.05, 0) is 43.8 Å². The summed E-state index contributed by atoms with van der Waals surface area (Å²) in [5.41, 5.74) is 1.26. The number of anilines is 1. The molecule has 3 rings (SSSR count). The Morgan fingerprint density at radius 1 is 1.22 bits per heavy atom. The number of likely N-dealkylation sites (N-methyl/N-ethyl adjacent to an activating group) is 1. The molecule has 7 heteroatoms. The number of hydrogen-bond donors (Lipinski definition) is 2. The number of hydrogen-bond acceptors (Lipinski definition) is 5. The number of aliphatic hydroxyl groups is 1. The molecule has 0 radical (unpaired) electrons. The molecule has 1 aromatic carbocycles. The molecule has 1 aliphatic heterocycles. The first-order valence-corrected chi connectivity index (χ1v) is 9.13. The monoisotopic (exact) mass is 372 g/mol. The number of benzene rings is 1. The van der Waals surface area contributed by atoms with Crippen LogP contribution in [0.3, 0.4) is 0 Å². The van der Waals surface area contributed by atoms with E-state index in [-0.39, 0.29) is 6.54 Å². The maximum Gasteiger partial charge on any atom is 0.253 e. The summed E-state index contributed by atoms with van der Waals surface area (Å²) in [5.74, 6) is -0.0640. The van der Waals surface area contributed by atoms with Crippen LogP contribution < -0.4 is 10.2 Å². The number of halogens is 1. The van der Waals surface area contributed by atoms with Crippen molar-refractivity contribution in [2.45, 2.75) is 19.1 Å². The highest BCUT2D eigenvalue weighted by Crippen LogP contribution is 2.20. The Kier molecular flexibility index (Phi) is 6.36. The van der Waals surface area contributed by atoms with Crippen LogP contribution in [-0.2, 0) is 11.3 Å². The van der Waals surface area contributed by atoms with E-state index >= 15 is 0 Å². The molecular formula is C20H25FN4O2. The Bertz CT molecular complexity index is 769. The van der Waals surface area contributed by atoms with E-state index in [2.05, 4.69) is 27.1 Å². The predicted octanol–water partition coefficient (Wildman–Crippen LogP) is 1.71. The molecule has 2 N–H and O–H groups in total. The molecule has 1 amide bonds. The Hall–Kier alpha value is -2.51. The van der Waals surface area contributed by atoms with Crippen molar-refractivity contribution in [3.63, 3.8) is 0 Å². The van der Waals surface area contributed by atoms with Crippen molar-refractivity contribution in [1.29, 1.82) is 0 Å². The van der Waals surface area contributed by atoms with Crippen molar-refractivity contribution in [3.8, 4) is 0 Å². The second kappa shape index (κ2) is 8.92. The van der Waals surface area contributed by atoms with Gasteiger partial charge in [0.05, 0.1) is 0 Å². The van der Waals surface area contributed by atoms with Crippen molar-refractivity contribution < 1.29 is 14.3 Å². The lowest BCUT2D eigenvalue weighted by Crippen LogP contribution is -2.32. The van der Waals surface area contributed by atoms with Crippen LogP contribution in [-0.4, -0.2) is 54.1 Å². The number of pyridine rings is 1. The zero-order valence-corrected chi connectivity index (χ0v) is 15.4. The molecule has 0 spiro atoms. The van der Waals surface area contributed by atoms with Gasteiger partial charge in [-0.3, -0.25) is 4.79 Å². The molecule has 144 valence electrons. The molecule has 2 heterocycles. The topological polar surface area (TPSA) is 68.7 Å². The van der Waals surface area contributed by atoms with Crippen molar-refractivity contribution in [2.75, 3.05) is 38.1 Å². The van der Waals surface area contributed by atoms with Crippen LogP contribution in [0.5, 0.6) is 0 Å². The van der Waals surface area contributed by atoms with Gasteiger partial charge in [0.15, 0.2) is 6.10 Å². The normalized spacial score (nSPS) is 16.6. The lowest BCUT2D eigenvalue weighted by molar-refractivity contribution is -0.129. The van der Waals surface area contributed by atoms with Crippen LogP contribution in [0.4, 0.5) is 10.2 Å². The third-order valence-corrected chi connectivity index (χ3v) is 4.77. The second-order valence-electron chi connectivity index (χ2n) is 6.80. The minimum Gasteiger partial charge on any atom is -0.378 e. The molecule has 6 nitrogen and oxygen atoms in total. The van der Waals surface area contributed by atoms with E-state index in [4.69, 9.17) is 0 Å². The Morgan fingerprint density at radius 3 is 2.78 bits per heavy atom. The fraction of sp³-hybridized carbons (Fsp3) is 0.400. The first kappa shape index (κ1) is 19.3. The molecular weight excluding hydrogens is 347 g/mol. The van der Waals surface area contributed by atoms with Crippen LogP contribution in [0.2, 0.25) is 0 Å². The summed E-state index contributed by atoms with van der Waals surface area (Å²) in [7, 11) is 2.11. The number of nitrogens with zero attached hydrogens (tertiary/aromatic N) is 3. The van der Waals surface area contributed by atoms with Gasteiger partial charge in [-0.2, -0.15) is 0 Å². The molecule has 1 fully saturated rings. The first-order valence-electron chi connectivity index (χ1n) is 9.13. The summed E-state index contributed by atoms with van der Waals surface area (Å²) in [6.45, 7) is 4.09. The van der Waals surface area contributed by atoms with E-state index in [0.29, 0.717) is 5.56 Å². The van der Waals surface area contributed by atoms with Crippen molar-refractivity contribution in [3.05, 3.63) is 59.5 Å². The minimum atomic E-state index is -1.34. The minimum absolute atomic E-state index is 0.270. The summed E-state index contributed by atoms with van der Waals surface area (Å²) in [6, 6.07) is 9.03. The molecule has 1 aromatic heterocycles. The van der Waals surface area contributed by atoms with Crippen LogP contribution in [0.25, 0.3) is 0 Å². The third kappa shape index (κ3) is 5.02. The maximum atomic E-state index is 13.0. The summed E-state index contributed by atoms with van der Waals surface area (Å²) < 4.78 is 13.0. The molecule has 27 heavy (non-hydrogen) atoms. The number of rotatable bonds is 5. The number of carbonyl (C=O) groups excluding carboxylic acids is 1. The number of aliphatic hydroxyl groups excluding tert-OH is 1. The highest BCUT2D eigenvalue weighted by molar-refractivity contribution is 5.82. The number of carbonyl (C=O) groups is 1. The lowest BCUT2D eigenvalue weighted by atomic mass is 10.1. The van der Waals surface area contributed by atoms with Gasteiger partial charge in [-0.15, -0.1) is 0 Å². The van der Waals surface area contributed by atoms with Crippen molar-refractivity contribution in [2.24, 2.45) is 0 Å². The fourth-order valence-electron chi connectivity index (χ4n) is 3.19. The predicted molar refractivity (Wildman–Crippen MR) is 102 cm³/mol. The van der Waals surface area contributed by atoms with Crippen LogP contribution >= 0.6 is 0 Å². The van der Waals surface area contributed by atoms with E-state index in [1.807, 2.05) is 12.1 Å². The third-order valence-electron chi connectivity index (χ3n) is 4.77. The molecule has 1 atom stereocenters. The average Bonchev–Trinajstić information content (AvgIpc) is 2.91. The highest BCUT2D eigenvalue weighted by atomic mass is 19.1. The van der Waals surface area contributed by atoms with Gasteiger partial charge in [0.1, 0.15) is 11.6 Å². The number of aromatic nitrogens is 1. The Morgan fingerprint density at radius 2 is 2.00 bits per heavy atom. The molecule has 0 aliphatic carbocycles. The second-order valence-corrected chi connectivity index (χ2v) is 6.80. The van der Waals surface area contributed by atoms with Gasteiger partial charge < -0.3 is 20.2 Å². The van der Waals surface area contributed by atoms with E-state index in [1.54, 1.807) is 6.20 Å². The quantitative estimate of drug-likeness (QED) is 0.836. The molecule has 0 saturated carbocycles. The van der Waals surface area contributed by atoms with Gasteiger partial charge >= 0.3 is 0 Å². The van der Waals surface area contributed by atoms with Gasteiger partial charge in [0.2, 0.25) is 0 Å². The molecule has 2 aromatic rings. The Labute approximate surface area is 158 Å². The van der Waals surface area contributed by atoms with Gasteiger partial charge in [-0.25, -0.2) is 9.37 Å². The first-order chi connectivity index (χ1) is 13.0. The standard InChI is InChI=1S/C20H25FN4O2/c1-24-10-3-11-25(13-12-24)19-16(4-2-9-22-19)14-23-20(27)18(26)15-5-7-17(21)8-6-15/h2,4-9,18,26H,3,10-14H2,1H3,(H,23,27). The summed E-state index contributed by atoms with van der Waals surface area (Å²) in [6.07, 6.45) is 1.47. The lowest BCUT2D eigenvalue weighted by Gasteiger charge is -2.24. The van der Waals surface area contributed by atoms with Crippen LogP contribution in [0, 0.1) is 5.82 Å². The number of nitrogens with one attached hydrogen (secondary N) is 1. The summed E-state index contributed by atoms with van der Waals surface area (Å²) >= 11 is 0. The zero-order valence-electron chi connectivity index (χ0n) is 15.4. The largest absolute Gasteiger partial charge is 0.378 e. The van der Waals surface area contributed by atoms with E-state index in [0.717, 1.165) is 44.0 Å². The molecule has 1 aliphatic rings. The maximum absolute atomic E-state index is 13.0.